The molecule has 4 heteroatoms. The molecule has 30 heavy (non-hydrogen) atoms. The Labute approximate surface area is 194 Å². The van der Waals surface area contributed by atoms with Crippen LogP contribution in [0.2, 0.25) is 0 Å². The van der Waals surface area contributed by atoms with E-state index >= 15 is 0 Å². The molecule has 0 aliphatic heterocycles. The number of hydrogen-bond donors (Lipinski definition) is 1. The number of ketones is 1. The van der Waals surface area contributed by atoms with Gasteiger partial charge in [0.1, 0.15) is 5.71 Å². The van der Waals surface area contributed by atoms with Gasteiger partial charge in [0, 0.05) is 27.2 Å². The Kier molecular flexibility index (Phi) is 6.08. The zero-order valence-corrected chi connectivity index (χ0v) is 20.0. The van der Waals surface area contributed by atoms with Crippen molar-refractivity contribution in [1.29, 1.82) is 5.41 Å². The molecule has 0 spiro atoms. The van der Waals surface area contributed by atoms with Gasteiger partial charge in [-0.2, -0.15) is 0 Å². The number of carbonyl (C=O) groups is 1. The minimum Gasteiger partial charge on any atom is -0.296 e. The fraction of sp³-hybridized carbons (Fsp3) is 0.231. The fourth-order valence-electron chi connectivity index (χ4n) is 4.70. The molecule has 4 rings (SSSR count). The van der Waals surface area contributed by atoms with E-state index in [2.05, 4.69) is 62.2 Å². The lowest BCUT2D eigenvalue weighted by atomic mass is 9.73. The molecular formula is C26H23Br2NO. The van der Waals surface area contributed by atoms with Gasteiger partial charge in [-0.25, -0.2) is 0 Å². The van der Waals surface area contributed by atoms with Crippen molar-refractivity contribution in [2.45, 2.75) is 25.2 Å². The number of benzene rings is 3. The van der Waals surface area contributed by atoms with Gasteiger partial charge in [-0.15, -0.1) is 0 Å². The van der Waals surface area contributed by atoms with Crippen LogP contribution in [0.3, 0.4) is 0 Å². The Balaban J connectivity index is 1.83. The van der Waals surface area contributed by atoms with Gasteiger partial charge in [0.25, 0.3) is 0 Å². The summed E-state index contributed by atoms with van der Waals surface area (Å²) >= 11 is 7.32. The van der Waals surface area contributed by atoms with Crippen molar-refractivity contribution in [3.8, 4) is 11.1 Å². The van der Waals surface area contributed by atoms with E-state index in [0.29, 0.717) is 11.1 Å². The van der Waals surface area contributed by atoms with Crippen LogP contribution in [0.15, 0.2) is 66.7 Å². The molecule has 1 aliphatic carbocycles. The lowest BCUT2D eigenvalue weighted by molar-refractivity contribution is 0.106. The molecule has 0 radical (unpaired) electrons. The van der Waals surface area contributed by atoms with Crippen LogP contribution in [0.1, 0.15) is 45.5 Å². The van der Waals surface area contributed by atoms with Crippen molar-refractivity contribution in [3.05, 3.63) is 94.5 Å². The highest BCUT2D eigenvalue weighted by Gasteiger charge is 2.42. The van der Waals surface area contributed by atoms with Gasteiger partial charge in [0.2, 0.25) is 5.78 Å². The summed E-state index contributed by atoms with van der Waals surface area (Å²) in [5.74, 6) is -0.227. The van der Waals surface area contributed by atoms with E-state index in [1.165, 1.54) is 22.3 Å². The molecule has 0 saturated heterocycles. The van der Waals surface area contributed by atoms with Gasteiger partial charge in [-0.3, -0.25) is 10.2 Å². The first-order chi connectivity index (χ1) is 14.5. The van der Waals surface area contributed by atoms with Gasteiger partial charge in [-0.05, 0) is 53.6 Å². The van der Waals surface area contributed by atoms with Gasteiger partial charge in [-0.1, -0.05) is 92.5 Å². The lowest BCUT2D eigenvalue weighted by Gasteiger charge is -2.31. The SMILES string of the molecule is Cc1ccccc1C(=N)C(=O)c1ccc2c(c1)C(CCBr)(CCBr)c1ccccc1-2. The first kappa shape index (κ1) is 21.2. The molecule has 0 bridgehead atoms. The summed E-state index contributed by atoms with van der Waals surface area (Å²) in [6, 6.07) is 22.1. The summed E-state index contributed by atoms with van der Waals surface area (Å²) in [4.78, 5) is 13.3. The Morgan fingerprint density at radius 1 is 0.867 bits per heavy atom. The molecule has 0 heterocycles. The average molecular weight is 525 g/mol. The predicted molar refractivity (Wildman–Crippen MR) is 132 cm³/mol. The minimum atomic E-state index is -0.227. The Hall–Kier alpha value is -2.04. The van der Waals surface area contributed by atoms with Crippen molar-refractivity contribution in [2.75, 3.05) is 10.7 Å². The molecule has 0 fully saturated rings. The van der Waals surface area contributed by atoms with Crippen LogP contribution in [0.5, 0.6) is 0 Å². The molecule has 0 aromatic heterocycles. The first-order valence-corrected chi connectivity index (χ1v) is 12.3. The maximum absolute atomic E-state index is 13.3. The first-order valence-electron chi connectivity index (χ1n) is 10.1. The molecule has 2 nitrogen and oxygen atoms in total. The quantitative estimate of drug-likeness (QED) is 0.200. The Morgan fingerprint density at radius 2 is 1.50 bits per heavy atom. The third-order valence-electron chi connectivity index (χ3n) is 6.21. The van der Waals surface area contributed by atoms with Crippen molar-refractivity contribution in [1.82, 2.24) is 0 Å². The van der Waals surface area contributed by atoms with E-state index in [4.69, 9.17) is 5.41 Å². The third-order valence-corrected chi connectivity index (χ3v) is 7.01. The molecule has 1 aliphatic rings. The molecule has 1 N–H and O–H groups in total. The number of halogens is 2. The summed E-state index contributed by atoms with van der Waals surface area (Å²) in [6.07, 6.45) is 1.91. The normalized spacial score (nSPS) is 13.6. The number of hydrogen-bond acceptors (Lipinski definition) is 2. The van der Waals surface area contributed by atoms with E-state index in [9.17, 15) is 4.79 Å². The second-order valence-corrected chi connectivity index (χ2v) is 9.37. The summed E-state index contributed by atoms with van der Waals surface area (Å²) < 4.78 is 0. The smallest absolute Gasteiger partial charge is 0.211 e. The maximum atomic E-state index is 13.3. The van der Waals surface area contributed by atoms with Crippen LogP contribution in [0.4, 0.5) is 0 Å². The lowest BCUT2D eigenvalue weighted by Crippen LogP contribution is -2.27. The molecule has 0 saturated carbocycles. The van der Waals surface area contributed by atoms with Crippen molar-refractivity contribution in [3.63, 3.8) is 0 Å². The van der Waals surface area contributed by atoms with Crippen molar-refractivity contribution in [2.24, 2.45) is 0 Å². The highest BCUT2D eigenvalue weighted by molar-refractivity contribution is 9.09. The predicted octanol–water partition coefficient (Wildman–Crippen LogP) is 7.08. The number of alkyl halides is 2. The van der Waals surface area contributed by atoms with E-state index < -0.39 is 0 Å². The molecule has 0 amide bonds. The van der Waals surface area contributed by atoms with Crippen LogP contribution >= 0.6 is 31.9 Å². The van der Waals surface area contributed by atoms with Crippen LogP contribution in [-0.4, -0.2) is 22.2 Å². The van der Waals surface area contributed by atoms with Crippen LogP contribution in [0.25, 0.3) is 11.1 Å². The summed E-state index contributed by atoms with van der Waals surface area (Å²) in [7, 11) is 0. The number of carbonyl (C=O) groups excluding carboxylic acids is 1. The van der Waals surface area contributed by atoms with Gasteiger partial charge in [0.15, 0.2) is 0 Å². The monoisotopic (exact) mass is 523 g/mol. The third kappa shape index (κ3) is 3.40. The van der Waals surface area contributed by atoms with E-state index in [1.807, 2.05) is 43.3 Å². The zero-order valence-electron chi connectivity index (χ0n) is 16.8. The second kappa shape index (κ2) is 8.60. The van der Waals surface area contributed by atoms with E-state index in [-0.39, 0.29) is 16.9 Å². The standard InChI is InChI=1S/C26H23Br2NO/c1-17-6-2-3-7-19(17)24(29)25(30)18-10-11-21-20-8-4-5-9-22(20)26(12-14-27,13-15-28)23(21)16-18/h2-11,16,29H,12-15H2,1H3. The molecular weight excluding hydrogens is 502 g/mol. The fourth-order valence-corrected chi connectivity index (χ4v) is 6.06. The van der Waals surface area contributed by atoms with E-state index in [0.717, 1.165) is 29.1 Å². The second-order valence-electron chi connectivity index (χ2n) is 7.79. The number of rotatable bonds is 7. The van der Waals surface area contributed by atoms with Gasteiger partial charge in [0.05, 0.1) is 0 Å². The number of fused-ring (bicyclic) bond motifs is 3. The van der Waals surface area contributed by atoms with Gasteiger partial charge < -0.3 is 0 Å². The van der Waals surface area contributed by atoms with E-state index in [1.54, 1.807) is 0 Å². The Morgan fingerprint density at radius 3 is 2.20 bits per heavy atom. The van der Waals surface area contributed by atoms with Crippen LogP contribution < -0.4 is 0 Å². The van der Waals surface area contributed by atoms with Crippen LogP contribution in [0, 0.1) is 12.3 Å². The highest BCUT2D eigenvalue weighted by Crippen LogP contribution is 2.53. The molecule has 0 atom stereocenters. The maximum Gasteiger partial charge on any atom is 0.211 e. The topological polar surface area (TPSA) is 40.9 Å². The highest BCUT2D eigenvalue weighted by atomic mass is 79.9. The molecule has 152 valence electrons. The molecule has 0 unspecified atom stereocenters. The summed E-state index contributed by atoms with van der Waals surface area (Å²) in [5.41, 5.74) is 7.12. The van der Waals surface area contributed by atoms with Crippen molar-refractivity contribution >= 4 is 43.4 Å². The Bertz CT molecular complexity index is 1130. The molecule has 3 aromatic carbocycles. The number of nitrogens with one attached hydrogen (secondary N) is 1. The summed E-state index contributed by atoms with van der Waals surface area (Å²) in [6.45, 7) is 1.94. The minimum absolute atomic E-state index is 0.0511. The summed E-state index contributed by atoms with van der Waals surface area (Å²) in [5, 5.41) is 10.3. The zero-order chi connectivity index (χ0) is 21.3. The number of aryl methyl sites for hydroxylation is 1. The molecule has 3 aromatic rings. The van der Waals surface area contributed by atoms with Crippen LogP contribution in [-0.2, 0) is 5.41 Å². The number of Topliss-reactive ketones (excluding diaryl/α,β-unsaturated/α-hetero) is 1. The van der Waals surface area contributed by atoms with Crippen molar-refractivity contribution < 1.29 is 4.79 Å². The average Bonchev–Trinajstić information content (AvgIpc) is 3.03. The largest absolute Gasteiger partial charge is 0.296 e. The van der Waals surface area contributed by atoms with Gasteiger partial charge >= 0.3 is 0 Å².